The second-order valence-electron chi connectivity index (χ2n) is 8.67. The number of rotatable bonds is 8. The number of anilines is 1. The molecule has 0 spiro atoms. The maximum Gasteiger partial charge on any atom is 0.244 e. The number of carbonyl (C=O) groups is 2. The highest BCUT2D eigenvalue weighted by Crippen LogP contribution is 2.19. The predicted molar refractivity (Wildman–Crippen MR) is 128 cm³/mol. The summed E-state index contributed by atoms with van der Waals surface area (Å²) in [6.07, 6.45) is 1.05. The Labute approximate surface area is 195 Å². The smallest absolute Gasteiger partial charge is 0.244 e. The minimum atomic E-state index is -3.73. The molecule has 0 aliphatic heterocycles. The van der Waals surface area contributed by atoms with Gasteiger partial charge in [0.15, 0.2) is 0 Å². The average molecular weight is 480 g/mol. The lowest BCUT2D eigenvalue weighted by Gasteiger charge is -2.33. The number of benzene rings is 2. The lowest BCUT2D eigenvalue weighted by atomic mass is 10.1. The molecule has 2 aromatic rings. The molecule has 0 bridgehead atoms. The molecule has 2 rings (SSSR count). The van der Waals surface area contributed by atoms with Crippen molar-refractivity contribution < 1.29 is 18.0 Å². The zero-order valence-corrected chi connectivity index (χ0v) is 20.6. The van der Waals surface area contributed by atoms with Crippen LogP contribution in [0.1, 0.15) is 33.3 Å². The van der Waals surface area contributed by atoms with Crippen LogP contribution in [0.2, 0.25) is 5.02 Å². The van der Waals surface area contributed by atoms with Crippen molar-refractivity contribution in [3.63, 3.8) is 0 Å². The quantitative estimate of drug-likeness (QED) is 0.628. The summed E-state index contributed by atoms with van der Waals surface area (Å²) in [5.74, 6) is -0.823. The molecule has 1 N–H and O–H groups in total. The monoisotopic (exact) mass is 479 g/mol. The van der Waals surface area contributed by atoms with Gasteiger partial charge in [0, 0.05) is 17.1 Å². The van der Waals surface area contributed by atoms with Gasteiger partial charge in [-0.1, -0.05) is 41.9 Å². The SMILES string of the molecule is CC(C(=O)NC(C)(C)C)N(Cc1ccc(Cl)cc1)C(=O)CN(c1ccccc1)S(C)(=O)=O. The second-order valence-corrected chi connectivity index (χ2v) is 11.0. The van der Waals surface area contributed by atoms with Gasteiger partial charge in [0.05, 0.1) is 11.9 Å². The third-order valence-electron chi connectivity index (χ3n) is 4.66. The first-order valence-electron chi connectivity index (χ1n) is 10.2. The molecular weight excluding hydrogens is 450 g/mol. The molecule has 0 saturated carbocycles. The van der Waals surface area contributed by atoms with Crippen LogP contribution in [-0.4, -0.2) is 49.5 Å². The number of para-hydroxylation sites is 1. The zero-order chi connectivity index (χ0) is 24.1. The first-order valence-corrected chi connectivity index (χ1v) is 12.4. The molecule has 7 nitrogen and oxygen atoms in total. The van der Waals surface area contributed by atoms with E-state index in [-0.39, 0.29) is 12.5 Å². The van der Waals surface area contributed by atoms with Crippen LogP contribution in [0, 0.1) is 0 Å². The van der Waals surface area contributed by atoms with Crippen LogP contribution in [0.4, 0.5) is 5.69 Å². The van der Waals surface area contributed by atoms with Crippen molar-refractivity contribution in [2.75, 3.05) is 17.1 Å². The Bertz CT molecular complexity index is 1040. The lowest BCUT2D eigenvalue weighted by molar-refractivity contribution is -0.140. The Morgan fingerprint density at radius 3 is 2.09 bits per heavy atom. The van der Waals surface area contributed by atoms with Gasteiger partial charge in [0.1, 0.15) is 12.6 Å². The molecular formula is C23H30ClN3O4S. The largest absolute Gasteiger partial charge is 0.350 e. The number of amides is 2. The normalized spacial score (nSPS) is 12.7. The molecule has 1 unspecified atom stereocenters. The van der Waals surface area contributed by atoms with Gasteiger partial charge < -0.3 is 10.2 Å². The van der Waals surface area contributed by atoms with Gasteiger partial charge in [0.2, 0.25) is 21.8 Å². The summed E-state index contributed by atoms with van der Waals surface area (Å²) >= 11 is 5.97. The summed E-state index contributed by atoms with van der Waals surface area (Å²) in [5.41, 5.74) is 0.661. The first-order chi connectivity index (χ1) is 14.8. The second kappa shape index (κ2) is 10.4. The Balaban J connectivity index is 2.36. The van der Waals surface area contributed by atoms with E-state index in [1.54, 1.807) is 61.5 Å². The van der Waals surface area contributed by atoms with Gasteiger partial charge in [-0.15, -0.1) is 0 Å². The van der Waals surface area contributed by atoms with Crippen LogP contribution in [0.3, 0.4) is 0 Å². The van der Waals surface area contributed by atoms with Gasteiger partial charge in [-0.3, -0.25) is 13.9 Å². The topological polar surface area (TPSA) is 86.8 Å². The molecule has 0 heterocycles. The van der Waals surface area contributed by atoms with Crippen LogP contribution in [0.15, 0.2) is 54.6 Å². The summed E-state index contributed by atoms with van der Waals surface area (Å²) < 4.78 is 25.9. The number of halogens is 1. The van der Waals surface area contributed by atoms with Crippen LogP contribution in [0.25, 0.3) is 0 Å². The van der Waals surface area contributed by atoms with Crippen molar-refractivity contribution in [1.29, 1.82) is 0 Å². The van der Waals surface area contributed by atoms with Crippen molar-refractivity contribution in [3.05, 3.63) is 65.2 Å². The van der Waals surface area contributed by atoms with E-state index in [0.29, 0.717) is 10.7 Å². The fourth-order valence-corrected chi connectivity index (χ4v) is 4.03. The third kappa shape index (κ3) is 7.53. The first kappa shape index (κ1) is 25.7. The highest BCUT2D eigenvalue weighted by atomic mass is 35.5. The summed E-state index contributed by atoms with van der Waals surface area (Å²) in [4.78, 5) is 27.6. The summed E-state index contributed by atoms with van der Waals surface area (Å²) in [6, 6.07) is 14.5. The predicted octanol–water partition coefficient (Wildman–Crippen LogP) is 3.44. The van der Waals surface area contributed by atoms with E-state index in [9.17, 15) is 18.0 Å². The van der Waals surface area contributed by atoms with Crippen molar-refractivity contribution in [2.24, 2.45) is 0 Å². The standard InChI is InChI=1S/C23H30ClN3O4S/c1-17(22(29)25-23(2,3)4)26(15-18-11-13-19(24)14-12-18)21(28)16-27(32(5,30)31)20-9-7-6-8-10-20/h6-14,17H,15-16H2,1-5H3,(H,25,29). The molecule has 9 heteroatoms. The van der Waals surface area contributed by atoms with E-state index >= 15 is 0 Å². The van der Waals surface area contributed by atoms with Crippen LogP contribution < -0.4 is 9.62 Å². The minimum Gasteiger partial charge on any atom is -0.350 e. The Hall–Kier alpha value is -2.58. The van der Waals surface area contributed by atoms with E-state index in [2.05, 4.69) is 5.32 Å². The molecule has 32 heavy (non-hydrogen) atoms. The number of hydrogen-bond donors (Lipinski definition) is 1. The average Bonchev–Trinajstić information content (AvgIpc) is 2.69. The van der Waals surface area contributed by atoms with Gasteiger partial charge in [-0.05, 0) is 57.5 Å². The van der Waals surface area contributed by atoms with Crippen LogP contribution in [-0.2, 0) is 26.2 Å². The molecule has 0 fully saturated rings. The van der Waals surface area contributed by atoms with Gasteiger partial charge in [-0.2, -0.15) is 0 Å². The maximum atomic E-state index is 13.4. The lowest BCUT2D eigenvalue weighted by Crippen LogP contribution is -2.54. The van der Waals surface area contributed by atoms with Crippen molar-refractivity contribution in [1.82, 2.24) is 10.2 Å². The third-order valence-corrected chi connectivity index (χ3v) is 6.05. The molecule has 0 aliphatic rings. The summed E-state index contributed by atoms with van der Waals surface area (Å²) in [6.45, 7) is 6.88. The molecule has 0 aliphatic carbocycles. The van der Waals surface area contributed by atoms with Gasteiger partial charge in [0.25, 0.3) is 0 Å². The van der Waals surface area contributed by atoms with Crippen LogP contribution in [0.5, 0.6) is 0 Å². The molecule has 2 amide bonds. The highest BCUT2D eigenvalue weighted by Gasteiger charge is 2.31. The molecule has 0 aromatic heterocycles. The number of sulfonamides is 1. The molecule has 0 saturated heterocycles. The number of hydrogen-bond acceptors (Lipinski definition) is 4. The Morgan fingerprint density at radius 2 is 1.59 bits per heavy atom. The summed E-state index contributed by atoms with van der Waals surface area (Å²) in [5, 5.41) is 3.43. The van der Waals surface area contributed by atoms with Crippen LogP contribution >= 0.6 is 11.6 Å². The van der Waals surface area contributed by atoms with E-state index < -0.39 is 34.1 Å². The molecule has 174 valence electrons. The maximum absolute atomic E-state index is 13.4. The molecule has 0 radical (unpaired) electrons. The van der Waals surface area contributed by atoms with Crippen molar-refractivity contribution >= 4 is 39.1 Å². The van der Waals surface area contributed by atoms with Crippen molar-refractivity contribution in [3.8, 4) is 0 Å². The fraction of sp³-hybridized carbons (Fsp3) is 0.391. The fourth-order valence-electron chi connectivity index (χ4n) is 3.05. The highest BCUT2D eigenvalue weighted by molar-refractivity contribution is 7.92. The number of carbonyl (C=O) groups excluding carboxylic acids is 2. The van der Waals surface area contributed by atoms with Gasteiger partial charge >= 0.3 is 0 Å². The van der Waals surface area contributed by atoms with E-state index in [1.165, 1.54) is 4.90 Å². The summed E-state index contributed by atoms with van der Waals surface area (Å²) in [7, 11) is -3.73. The van der Waals surface area contributed by atoms with Crippen molar-refractivity contribution in [2.45, 2.75) is 45.8 Å². The van der Waals surface area contributed by atoms with E-state index in [1.807, 2.05) is 20.8 Å². The Kier molecular flexibility index (Phi) is 8.31. The number of nitrogens with one attached hydrogen (secondary N) is 1. The number of nitrogens with zero attached hydrogens (tertiary/aromatic N) is 2. The van der Waals surface area contributed by atoms with E-state index in [0.717, 1.165) is 16.1 Å². The zero-order valence-electron chi connectivity index (χ0n) is 19.0. The minimum absolute atomic E-state index is 0.126. The molecule has 1 atom stereocenters. The van der Waals surface area contributed by atoms with Gasteiger partial charge in [-0.25, -0.2) is 8.42 Å². The Morgan fingerprint density at radius 1 is 1.03 bits per heavy atom. The van der Waals surface area contributed by atoms with E-state index in [4.69, 9.17) is 11.6 Å². The molecule has 2 aromatic carbocycles.